The number of hydrogen-bond donors (Lipinski definition) is 1. The summed E-state index contributed by atoms with van der Waals surface area (Å²) in [4.78, 5) is 10.7. The fraction of sp³-hybridized carbons (Fsp3) is 0.0714. The van der Waals surface area contributed by atoms with Gasteiger partial charge in [0.05, 0.1) is 5.57 Å². The van der Waals surface area contributed by atoms with Gasteiger partial charge < -0.3 is 5.11 Å². The fourth-order valence-corrected chi connectivity index (χ4v) is 1.31. The Balaban J connectivity index is 3.06. The van der Waals surface area contributed by atoms with Gasteiger partial charge in [-0.15, -0.1) is 0 Å². The van der Waals surface area contributed by atoms with Crippen LogP contribution in [0, 0.1) is 5.82 Å². The first-order valence-corrected chi connectivity index (χ1v) is 5.05. The zero-order valence-corrected chi connectivity index (χ0v) is 9.48. The van der Waals surface area contributed by atoms with E-state index < -0.39 is 5.97 Å². The smallest absolute Gasteiger partial charge is 0.335 e. The molecule has 0 aliphatic heterocycles. The summed E-state index contributed by atoms with van der Waals surface area (Å²) in [6, 6.07) is 6.34. The second-order valence-electron chi connectivity index (χ2n) is 3.46. The molecule has 1 aromatic rings. The summed E-state index contributed by atoms with van der Waals surface area (Å²) in [5.41, 5.74) is 1.18. The highest BCUT2D eigenvalue weighted by molar-refractivity contribution is 5.90. The van der Waals surface area contributed by atoms with Crippen LogP contribution >= 0.6 is 0 Å². The maximum absolute atomic E-state index is 13.4. The molecule has 0 bridgehead atoms. The highest BCUT2D eigenvalue weighted by Gasteiger charge is 2.03. The lowest BCUT2D eigenvalue weighted by Crippen LogP contribution is -1.96. The van der Waals surface area contributed by atoms with Crippen molar-refractivity contribution in [2.45, 2.75) is 6.92 Å². The van der Waals surface area contributed by atoms with E-state index in [1.807, 2.05) is 0 Å². The van der Waals surface area contributed by atoms with Gasteiger partial charge in [-0.1, -0.05) is 36.9 Å². The molecule has 0 amide bonds. The molecule has 0 atom stereocenters. The van der Waals surface area contributed by atoms with Crippen molar-refractivity contribution in [2.24, 2.45) is 0 Å². The maximum Gasteiger partial charge on any atom is 0.335 e. The number of allylic oxidation sites excluding steroid dienone is 3. The van der Waals surface area contributed by atoms with Crippen LogP contribution in [0.4, 0.5) is 4.39 Å². The second kappa shape index (κ2) is 5.80. The van der Waals surface area contributed by atoms with Crippen LogP contribution in [0.1, 0.15) is 12.5 Å². The van der Waals surface area contributed by atoms with Crippen molar-refractivity contribution < 1.29 is 14.3 Å². The van der Waals surface area contributed by atoms with Crippen molar-refractivity contribution in [1.82, 2.24) is 0 Å². The molecule has 0 aromatic heterocycles. The highest BCUT2D eigenvalue weighted by atomic mass is 19.1. The molecular formula is C14H13FO2. The Bertz CT molecular complexity index is 499. The van der Waals surface area contributed by atoms with E-state index in [-0.39, 0.29) is 11.4 Å². The highest BCUT2D eigenvalue weighted by Crippen LogP contribution is 2.17. The van der Waals surface area contributed by atoms with Crippen molar-refractivity contribution in [2.75, 3.05) is 0 Å². The molecule has 0 heterocycles. The van der Waals surface area contributed by atoms with Gasteiger partial charge in [0.1, 0.15) is 5.82 Å². The first kappa shape index (κ1) is 12.9. The Morgan fingerprint density at radius 1 is 1.35 bits per heavy atom. The van der Waals surface area contributed by atoms with E-state index in [0.29, 0.717) is 11.1 Å². The van der Waals surface area contributed by atoms with Crippen LogP contribution in [0.2, 0.25) is 0 Å². The summed E-state index contributed by atoms with van der Waals surface area (Å²) < 4.78 is 13.4. The minimum absolute atomic E-state index is 0.0701. The Morgan fingerprint density at radius 2 is 2.00 bits per heavy atom. The van der Waals surface area contributed by atoms with Gasteiger partial charge in [-0.2, -0.15) is 0 Å². The average molecular weight is 232 g/mol. The normalized spacial score (nSPS) is 12.4. The van der Waals surface area contributed by atoms with E-state index in [1.165, 1.54) is 18.2 Å². The van der Waals surface area contributed by atoms with Gasteiger partial charge in [0, 0.05) is 5.56 Å². The van der Waals surface area contributed by atoms with Gasteiger partial charge in [-0.3, -0.25) is 0 Å². The van der Waals surface area contributed by atoms with Crippen LogP contribution in [0.15, 0.2) is 54.6 Å². The van der Waals surface area contributed by atoms with Gasteiger partial charge in [0.2, 0.25) is 0 Å². The first-order valence-electron chi connectivity index (χ1n) is 5.05. The molecule has 1 aromatic carbocycles. The summed E-state index contributed by atoms with van der Waals surface area (Å²) in [7, 11) is 0. The number of carboxylic acids is 1. The lowest BCUT2D eigenvalue weighted by molar-refractivity contribution is -0.132. The van der Waals surface area contributed by atoms with Crippen molar-refractivity contribution in [1.29, 1.82) is 0 Å². The third-order valence-electron chi connectivity index (χ3n) is 2.28. The largest absolute Gasteiger partial charge is 0.478 e. The maximum atomic E-state index is 13.4. The standard InChI is InChI=1S/C14H13FO2/c1-3-11(14(16)17)9-8-10(2)12-6-4-5-7-13(12)15/h3-9H,1H2,2H3,(H,16,17)/b10-8+,11-9+. The summed E-state index contributed by atoms with van der Waals surface area (Å²) in [6.45, 7) is 5.12. The summed E-state index contributed by atoms with van der Waals surface area (Å²) in [5.74, 6) is -1.39. The van der Waals surface area contributed by atoms with Gasteiger partial charge in [-0.05, 0) is 24.6 Å². The number of carbonyl (C=O) groups is 1. The van der Waals surface area contributed by atoms with Crippen LogP contribution in [0.25, 0.3) is 5.57 Å². The van der Waals surface area contributed by atoms with Crippen molar-refractivity contribution >= 4 is 11.5 Å². The Hall–Kier alpha value is -2.16. The average Bonchev–Trinajstić information content (AvgIpc) is 2.29. The molecule has 1 N–H and O–H groups in total. The van der Waals surface area contributed by atoms with Gasteiger partial charge in [0.25, 0.3) is 0 Å². The third kappa shape index (κ3) is 3.41. The molecule has 17 heavy (non-hydrogen) atoms. The molecular weight excluding hydrogens is 219 g/mol. The molecule has 3 heteroatoms. The van der Waals surface area contributed by atoms with Crippen LogP contribution in [-0.2, 0) is 4.79 Å². The molecule has 0 unspecified atom stereocenters. The molecule has 0 saturated carbocycles. The molecule has 1 rings (SSSR count). The first-order chi connectivity index (χ1) is 8.06. The molecule has 2 nitrogen and oxygen atoms in total. The fourth-order valence-electron chi connectivity index (χ4n) is 1.31. The van der Waals surface area contributed by atoms with Gasteiger partial charge in [0.15, 0.2) is 0 Å². The minimum Gasteiger partial charge on any atom is -0.478 e. The van der Waals surface area contributed by atoms with Gasteiger partial charge in [-0.25, -0.2) is 9.18 Å². The predicted octanol–water partition coefficient (Wildman–Crippen LogP) is 3.43. The summed E-state index contributed by atoms with van der Waals surface area (Å²) in [6.07, 6.45) is 4.20. The topological polar surface area (TPSA) is 37.3 Å². The van der Waals surface area contributed by atoms with Crippen LogP contribution in [-0.4, -0.2) is 11.1 Å². The molecule has 0 aliphatic rings. The minimum atomic E-state index is -1.06. The molecule has 0 aliphatic carbocycles. The van der Waals surface area contributed by atoms with Gasteiger partial charge >= 0.3 is 5.97 Å². The Kier molecular flexibility index (Phi) is 4.40. The number of carboxylic acid groups (broad SMARTS) is 1. The van der Waals surface area contributed by atoms with E-state index in [0.717, 1.165) is 0 Å². The zero-order chi connectivity index (χ0) is 12.8. The van der Waals surface area contributed by atoms with Crippen molar-refractivity contribution in [3.8, 4) is 0 Å². The quantitative estimate of drug-likeness (QED) is 0.638. The van der Waals surface area contributed by atoms with E-state index in [1.54, 1.807) is 31.2 Å². The number of benzene rings is 1. The molecule has 0 saturated heterocycles. The number of halogens is 1. The Morgan fingerprint density at radius 3 is 2.53 bits per heavy atom. The molecule has 0 radical (unpaired) electrons. The molecule has 0 spiro atoms. The third-order valence-corrected chi connectivity index (χ3v) is 2.28. The van der Waals surface area contributed by atoms with Crippen LogP contribution in [0.3, 0.4) is 0 Å². The summed E-state index contributed by atoms with van der Waals surface area (Å²) in [5, 5.41) is 8.77. The summed E-state index contributed by atoms with van der Waals surface area (Å²) >= 11 is 0. The monoisotopic (exact) mass is 232 g/mol. The van der Waals surface area contributed by atoms with Crippen molar-refractivity contribution in [3.63, 3.8) is 0 Å². The van der Waals surface area contributed by atoms with E-state index >= 15 is 0 Å². The van der Waals surface area contributed by atoms with Crippen LogP contribution < -0.4 is 0 Å². The second-order valence-corrected chi connectivity index (χ2v) is 3.46. The zero-order valence-electron chi connectivity index (χ0n) is 9.48. The molecule has 88 valence electrons. The number of aliphatic carboxylic acids is 1. The SMILES string of the molecule is C=C/C(=C\C=C(/C)c1ccccc1F)C(=O)O. The Labute approximate surface area is 99.4 Å². The van der Waals surface area contributed by atoms with E-state index in [2.05, 4.69) is 6.58 Å². The number of hydrogen-bond acceptors (Lipinski definition) is 1. The van der Waals surface area contributed by atoms with Crippen LogP contribution in [0.5, 0.6) is 0 Å². The van der Waals surface area contributed by atoms with Crippen molar-refractivity contribution in [3.05, 3.63) is 66.0 Å². The lowest BCUT2D eigenvalue weighted by atomic mass is 10.1. The number of rotatable bonds is 4. The van der Waals surface area contributed by atoms with E-state index in [9.17, 15) is 9.18 Å². The van der Waals surface area contributed by atoms with E-state index in [4.69, 9.17) is 5.11 Å². The lowest BCUT2D eigenvalue weighted by Gasteiger charge is -2.01. The molecule has 0 fully saturated rings. The predicted molar refractivity (Wildman–Crippen MR) is 66.0 cm³/mol.